The molecule has 3 heterocycles. The maximum Gasteiger partial charge on any atom is 0.490 e. The Bertz CT molecular complexity index is 5810. The van der Waals surface area contributed by atoms with Crippen LogP contribution in [0.25, 0.3) is 5.57 Å². The Morgan fingerprint density at radius 3 is 1.08 bits per heavy atom. The minimum Gasteiger partial charge on any atom is -0.480 e. The summed E-state index contributed by atoms with van der Waals surface area (Å²) in [6.07, 6.45) is 2.89. The van der Waals surface area contributed by atoms with Gasteiger partial charge in [0.15, 0.2) is 18.2 Å². The molecule has 1 fully saturated rings. The summed E-state index contributed by atoms with van der Waals surface area (Å²) in [7, 11) is -0.182. The first kappa shape index (κ1) is 122. The Kier molecular flexibility index (Phi) is 50.2. The van der Waals surface area contributed by atoms with Crippen molar-refractivity contribution in [1.82, 2.24) is 0 Å². The maximum absolute atomic E-state index is 14.1. The minimum atomic E-state index is -1.51. The topological polar surface area (TPSA) is 345 Å². The molecule has 5 atom stereocenters. The van der Waals surface area contributed by atoms with Crippen molar-refractivity contribution in [1.29, 1.82) is 0 Å². The van der Waals surface area contributed by atoms with Crippen LogP contribution in [0.5, 0.6) is 0 Å². The zero-order valence-electron chi connectivity index (χ0n) is 81.4. The van der Waals surface area contributed by atoms with Crippen LogP contribution in [0.3, 0.4) is 0 Å². The Morgan fingerprint density at radius 2 is 0.741 bits per heavy atom. The number of rotatable bonds is 25. The Labute approximate surface area is 881 Å². The lowest BCUT2D eigenvalue weighted by atomic mass is 9.75. The summed E-state index contributed by atoms with van der Waals surface area (Å²) in [5, 5.41) is 44.5. The molecule has 766 valence electrons. The number of carbonyl (C=O) groups excluding carboxylic acids is 3. The largest absolute Gasteiger partial charge is 0.490 e. The van der Waals surface area contributed by atoms with Gasteiger partial charge in [-0.3, -0.25) is 24.4 Å². The maximum atomic E-state index is 14.1. The van der Waals surface area contributed by atoms with Gasteiger partial charge in [-0.2, -0.15) is 0 Å². The van der Waals surface area contributed by atoms with Crippen LogP contribution in [0.1, 0.15) is 164 Å². The molecule has 143 heavy (non-hydrogen) atoms. The van der Waals surface area contributed by atoms with E-state index in [1.807, 2.05) is 175 Å². The van der Waals surface area contributed by atoms with Gasteiger partial charge in [-0.25, -0.2) is 40.7 Å². The molecule has 9 N–H and O–H groups in total. The fourth-order valence-corrected chi connectivity index (χ4v) is 14.5. The number of carbonyl (C=O) groups is 6. The van der Waals surface area contributed by atoms with Gasteiger partial charge in [0.1, 0.15) is 70.3 Å². The number of carboxylic acid groups (broad SMARTS) is 3. The third-order valence-electron chi connectivity index (χ3n) is 20.7. The number of benzene rings is 10. The third-order valence-corrected chi connectivity index (χ3v) is 24.6. The summed E-state index contributed by atoms with van der Waals surface area (Å²) in [5.74, 6) is -7.21. The number of carboxylic acids is 3. The molecule has 35 heteroatoms. The van der Waals surface area contributed by atoms with Crippen LogP contribution in [0.4, 0.5) is 26.3 Å². The minimum absolute atomic E-state index is 0.0103. The lowest BCUT2D eigenvalue weighted by Gasteiger charge is -2.32. The van der Waals surface area contributed by atoms with E-state index in [9.17, 15) is 60.2 Å². The Hall–Kier alpha value is -9.96. The third kappa shape index (κ3) is 44.1. The highest BCUT2D eigenvalue weighted by Crippen LogP contribution is 2.40. The summed E-state index contributed by atoms with van der Waals surface area (Å²) in [4.78, 5) is 77.3. The van der Waals surface area contributed by atoms with Crippen molar-refractivity contribution in [2.24, 2.45) is 21.5 Å². The van der Waals surface area contributed by atoms with E-state index in [0.717, 1.165) is 52.1 Å². The van der Waals surface area contributed by atoms with Crippen molar-refractivity contribution in [3.8, 4) is 0 Å². The van der Waals surface area contributed by atoms with Gasteiger partial charge < -0.3 is 70.0 Å². The quantitative estimate of drug-likeness (QED) is 0.00698. The predicted molar refractivity (Wildman–Crippen MR) is 565 cm³/mol. The zero-order chi connectivity index (χ0) is 106. The smallest absolute Gasteiger partial charge is 0.480 e. The molecule has 3 aliphatic rings. The van der Waals surface area contributed by atoms with E-state index in [-0.39, 0.29) is 80.4 Å². The van der Waals surface area contributed by atoms with Gasteiger partial charge in [-0.05, 0) is 306 Å². The predicted octanol–water partition coefficient (Wildman–Crippen LogP) is 23.2. The normalized spacial score (nSPS) is 14.4. The number of aliphatic carboxylic acids is 3. The van der Waals surface area contributed by atoms with Crippen LogP contribution >= 0.6 is 95.6 Å². The SMILES string of the molecule is CC(C)(C)OC(=O)CN=C(c1ccccc1)c1ccccc1.CC(C)(C)OC(=O)[C@@H](N)Cc1ccc(Br)c(F)c1.CC(C)(C)OC(=O)[C@H](Cc1ccc(Br)c(F)c1)N=C(c1ccccc1)c1ccccc1.CC1(C)OB(C2=CCOCC2)OC1(C)C.Fc1cc(CBr)ccc1Br.N[C@@H](Cc1ccc(Br)c(F)c1)C(=O)O.O=C(O)[C@@H](O)Cc1ccc(Br)c(F)c1.O=C(O)[C@@H](O)Cc1ccc(C2=CCOCC2)c(F)c1. The molecule has 0 saturated carbocycles. The Balaban J connectivity index is 0.000000255. The monoisotopic (exact) mass is 2360 g/mol. The number of nitrogens with zero attached hydrogens (tertiary/aromatic N) is 2. The van der Waals surface area contributed by atoms with E-state index in [4.69, 9.17) is 69.9 Å². The van der Waals surface area contributed by atoms with E-state index >= 15 is 0 Å². The van der Waals surface area contributed by atoms with Gasteiger partial charge in [-0.1, -0.05) is 192 Å². The fraction of sp³-hybridized carbons (Fsp3) is 0.333. The van der Waals surface area contributed by atoms with E-state index in [0.29, 0.717) is 93.0 Å². The number of aliphatic hydroxyl groups excluding tert-OH is 2. The van der Waals surface area contributed by atoms with Crippen LogP contribution in [-0.2, 0) is 99.2 Å². The molecule has 1 saturated heterocycles. The molecule has 10 aromatic rings. The molecule has 0 spiro atoms. The number of hydrogen-bond donors (Lipinski definition) is 7. The molecule has 3 aliphatic heterocycles. The molecule has 13 rings (SSSR count). The summed E-state index contributed by atoms with van der Waals surface area (Å²) < 4.78 is 120. The van der Waals surface area contributed by atoms with E-state index in [2.05, 4.69) is 134 Å². The van der Waals surface area contributed by atoms with Gasteiger partial charge in [0, 0.05) is 52.4 Å². The first-order valence-electron chi connectivity index (χ1n) is 45.1. The molecule has 0 aliphatic carbocycles. The number of halogens is 12. The molecular weight excluding hydrogens is 2250 g/mol. The lowest BCUT2D eigenvalue weighted by molar-refractivity contribution is -0.157. The number of nitrogens with two attached hydrogens (primary N) is 2. The van der Waals surface area contributed by atoms with Crippen molar-refractivity contribution < 1.29 is 114 Å². The van der Waals surface area contributed by atoms with Crippen molar-refractivity contribution in [3.05, 3.63) is 367 Å². The van der Waals surface area contributed by atoms with Gasteiger partial charge in [0.05, 0.1) is 71.4 Å². The zero-order valence-corrected chi connectivity index (χ0v) is 90.9. The summed E-state index contributed by atoms with van der Waals surface area (Å²) in [6.45, 7) is 27.2. The lowest BCUT2D eigenvalue weighted by Crippen LogP contribution is -2.41. The second-order valence-electron chi connectivity index (χ2n) is 36.5. The number of ether oxygens (including phenoxy) is 5. The average Bonchev–Trinajstić information content (AvgIpc) is 1.62. The molecule has 0 aromatic heterocycles. The van der Waals surface area contributed by atoms with E-state index in [1.54, 1.807) is 75.4 Å². The summed E-state index contributed by atoms with van der Waals surface area (Å²) in [5.41, 5.74) is 20.5. The second kappa shape index (κ2) is 59.0. The number of aliphatic hydroxyl groups is 2. The van der Waals surface area contributed by atoms with Crippen molar-refractivity contribution in [2.45, 2.75) is 199 Å². The highest BCUT2D eigenvalue weighted by Gasteiger charge is 2.52. The molecular formula is C108H119BBr6F6N4O18. The van der Waals surface area contributed by atoms with Gasteiger partial charge >= 0.3 is 42.9 Å². The second-order valence-corrected chi connectivity index (χ2v) is 41.3. The van der Waals surface area contributed by atoms with Crippen LogP contribution in [0.2, 0.25) is 0 Å². The molecule has 0 amide bonds. The van der Waals surface area contributed by atoms with Crippen LogP contribution in [-0.4, -0.2) is 171 Å². The molecule has 0 radical (unpaired) electrons. The number of alkyl halides is 1. The average molecular weight is 2370 g/mol. The van der Waals surface area contributed by atoms with Crippen molar-refractivity contribution in [2.75, 3.05) is 33.0 Å². The van der Waals surface area contributed by atoms with Gasteiger partial charge in [0.2, 0.25) is 0 Å². The van der Waals surface area contributed by atoms with Crippen LogP contribution in [0, 0.1) is 34.9 Å². The first-order chi connectivity index (χ1) is 67.1. The van der Waals surface area contributed by atoms with Gasteiger partial charge in [0.25, 0.3) is 0 Å². The van der Waals surface area contributed by atoms with Crippen molar-refractivity contribution >= 4 is 156 Å². The number of hydrogen-bond acceptors (Lipinski definition) is 19. The first-order valence-corrected chi connectivity index (χ1v) is 50.2. The number of esters is 3. The van der Waals surface area contributed by atoms with Gasteiger partial charge in [-0.15, -0.1) is 0 Å². The van der Waals surface area contributed by atoms with E-state index < -0.39 is 94.4 Å². The molecule has 0 unspecified atom stereocenters. The summed E-state index contributed by atoms with van der Waals surface area (Å²) in [6, 6.07) is 64.3. The summed E-state index contributed by atoms with van der Waals surface area (Å²) >= 11 is 18.5. The molecule has 10 aromatic carbocycles. The Morgan fingerprint density at radius 1 is 0.413 bits per heavy atom. The van der Waals surface area contributed by atoms with Crippen LogP contribution < -0.4 is 11.5 Å². The molecule has 0 bridgehead atoms. The number of aliphatic imine (C=N–C) groups is 2. The van der Waals surface area contributed by atoms with Crippen LogP contribution in [0.15, 0.2) is 280 Å². The highest BCUT2D eigenvalue weighted by molar-refractivity contribution is 9.11. The highest BCUT2D eigenvalue weighted by atomic mass is 79.9. The van der Waals surface area contributed by atoms with Crippen molar-refractivity contribution in [3.63, 3.8) is 0 Å². The van der Waals surface area contributed by atoms with E-state index in [1.165, 1.54) is 54.0 Å². The molecule has 22 nitrogen and oxygen atoms in total. The fourth-order valence-electron chi connectivity index (χ4n) is 12.9. The standard InChI is InChI=1S/C26H25BrFNO2.C19H21NO2.C14H15FO4.C13H17BrFNO2.C11H19BO3.C9H9BrFNO2.C9H8BrFO3.C7H5Br2F/c1-26(2,3)31-25(30)23(17-18-14-15-21(27)22(28)16-18)29-24(19-10-6-4-7-11-19)20-12-8-5-9-13-20;1-19(2,3)22-17(21)14-20-18(15-10-6-4-7-11-15)16-12-8-5-9-13-16;15-12-7-9(8-13(16)14(17)18)1-2-11(12)10-3-5-19-6-4-10;1-13(2,3)18-12(17)11(16)7-8-4-5-9(14)10(15)6-8;1-10(2)11(3,4)15-12(14-10)9-5-7-13-8-6-9;2*10-6-2-1-5(3-7(6)11)4-8(12)9(13)14;8-4-5-1-2-6(9)7(10)3-5/h4-16,23H,17H2,1-3H3;4-13H,14H2,1-3H3;1-3,7,13,16H,4-6,8H2,(H,17,18);4-6,11H,7,16H2,1-3H3;5H,6-8H2,1-4H3;1-3,8H,4,12H2,(H,13,14);1-3,8,12H,4H2,(H,13,14);1-3H,4H2/t23-;;13-;11-;;2*8-;/m0.00.00./s1.